The monoisotopic (exact) mass is 307 g/mol. The first-order valence-corrected chi connectivity index (χ1v) is 8.26. The van der Waals surface area contributed by atoms with Crippen molar-refractivity contribution in [1.82, 2.24) is 5.01 Å². The zero-order valence-corrected chi connectivity index (χ0v) is 13.4. The van der Waals surface area contributed by atoms with Crippen LogP contribution in [0.25, 0.3) is 16.8 Å². The van der Waals surface area contributed by atoms with Gasteiger partial charge in [0.1, 0.15) is 0 Å². The molecular formula is C19H21N3O. The number of anilines is 1. The van der Waals surface area contributed by atoms with Gasteiger partial charge in [0.15, 0.2) is 5.78 Å². The topological polar surface area (TPSA) is 49.6 Å². The van der Waals surface area contributed by atoms with Crippen LogP contribution in [0.15, 0.2) is 30.3 Å². The lowest BCUT2D eigenvalue weighted by Gasteiger charge is -2.24. The van der Waals surface area contributed by atoms with E-state index in [1.807, 2.05) is 6.08 Å². The molecule has 0 atom stereocenters. The number of unbranched alkanes of at least 4 members (excludes halogenated alkanes) is 1. The summed E-state index contributed by atoms with van der Waals surface area (Å²) in [6, 6.07) is 8.60. The molecule has 2 aromatic carbocycles. The molecular weight excluding hydrogens is 286 g/mol. The van der Waals surface area contributed by atoms with Crippen molar-refractivity contribution < 1.29 is 4.79 Å². The van der Waals surface area contributed by atoms with E-state index in [1.54, 1.807) is 11.2 Å². The van der Waals surface area contributed by atoms with Crippen LogP contribution in [0, 0.1) is 0 Å². The normalized spacial score (nSPS) is 17.0. The van der Waals surface area contributed by atoms with Gasteiger partial charge in [0.2, 0.25) is 0 Å². The number of nitrogens with zero attached hydrogens (tertiary/aromatic N) is 2. The van der Waals surface area contributed by atoms with Crippen LogP contribution in [-0.4, -0.2) is 17.3 Å². The van der Waals surface area contributed by atoms with Crippen LogP contribution in [0.1, 0.15) is 36.5 Å². The molecule has 4 nitrogen and oxygen atoms in total. The summed E-state index contributed by atoms with van der Waals surface area (Å²) in [7, 11) is 0. The van der Waals surface area contributed by atoms with Gasteiger partial charge in [-0.1, -0.05) is 25.5 Å². The molecule has 1 heterocycles. The fourth-order valence-corrected chi connectivity index (χ4v) is 3.54. The fourth-order valence-electron chi connectivity index (χ4n) is 3.54. The van der Waals surface area contributed by atoms with Gasteiger partial charge in [-0.15, -0.1) is 0 Å². The van der Waals surface area contributed by atoms with Gasteiger partial charge in [-0.2, -0.15) is 0 Å². The van der Waals surface area contributed by atoms with Gasteiger partial charge >= 0.3 is 0 Å². The minimum Gasteiger partial charge on any atom is -0.294 e. The molecule has 0 spiro atoms. The summed E-state index contributed by atoms with van der Waals surface area (Å²) in [5, 5.41) is 6.42. The van der Waals surface area contributed by atoms with Gasteiger partial charge in [0, 0.05) is 25.1 Å². The Hall–Kier alpha value is -2.17. The van der Waals surface area contributed by atoms with E-state index in [4.69, 9.17) is 5.84 Å². The van der Waals surface area contributed by atoms with Crippen LogP contribution < -0.4 is 11.0 Å². The molecule has 2 N–H and O–H groups in total. The zero-order valence-electron chi connectivity index (χ0n) is 13.4. The van der Waals surface area contributed by atoms with E-state index in [0.29, 0.717) is 6.42 Å². The van der Waals surface area contributed by atoms with Crippen molar-refractivity contribution in [3.63, 3.8) is 0 Å². The number of rotatable bonds is 3. The molecule has 118 valence electrons. The first-order chi connectivity index (χ1) is 11.2. The lowest BCUT2D eigenvalue weighted by Crippen LogP contribution is -2.43. The van der Waals surface area contributed by atoms with Crippen LogP contribution in [0.5, 0.6) is 0 Å². The third-order valence-electron chi connectivity index (χ3n) is 4.84. The molecule has 0 unspecified atom stereocenters. The summed E-state index contributed by atoms with van der Waals surface area (Å²) in [4.78, 5) is 11.7. The summed E-state index contributed by atoms with van der Waals surface area (Å²) in [6.07, 6.45) is 6.39. The highest BCUT2D eigenvalue weighted by Gasteiger charge is 2.26. The van der Waals surface area contributed by atoms with Crippen molar-refractivity contribution in [1.29, 1.82) is 0 Å². The molecule has 0 radical (unpaired) electrons. The van der Waals surface area contributed by atoms with Gasteiger partial charge in [-0.05, 0) is 52.6 Å². The summed E-state index contributed by atoms with van der Waals surface area (Å²) in [6.45, 7) is 4.00. The summed E-state index contributed by atoms with van der Waals surface area (Å²) in [5.41, 5.74) is 4.62. The van der Waals surface area contributed by atoms with Crippen molar-refractivity contribution in [2.24, 2.45) is 5.84 Å². The second-order valence-electron chi connectivity index (χ2n) is 6.40. The maximum absolute atomic E-state index is 11.7. The van der Waals surface area contributed by atoms with Crippen molar-refractivity contribution >= 4 is 28.3 Å². The summed E-state index contributed by atoms with van der Waals surface area (Å²) >= 11 is 0. The maximum atomic E-state index is 11.7. The molecule has 2 aliphatic rings. The van der Waals surface area contributed by atoms with Crippen molar-refractivity contribution in [2.45, 2.75) is 32.7 Å². The van der Waals surface area contributed by atoms with Crippen LogP contribution in [0.3, 0.4) is 0 Å². The average molecular weight is 307 g/mol. The van der Waals surface area contributed by atoms with E-state index in [9.17, 15) is 4.79 Å². The first-order valence-electron chi connectivity index (χ1n) is 8.26. The minimum atomic E-state index is 0.175. The van der Waals surface area contributed by atoms with Crippen LogP contribution >= 0.6 is 0 Å². The minimum absolute atomic E-state index is 0.175. The number of carbonyl (C=O) groups excluding carboxylic acids is 1. The second kappa shape index (κ2) is 5.48. The van der Waals surface area contributed by atoms with Gasteiger partial charge < -0.3 is 0 Å². The van der Waals surface area contributed by atoms with Crippen LogP contribution in [0.2, 0.25) is 0 Å². The fraction of sp³-hybridized carbons (Fsp3) is 0.316. The predicted molar refractivity (Wildman–Crippen MR) is 93.7 cm³/mol. The number of hydrazine groups is 2. The molecule has 0 saturated carbocycles. The first kappa shape index (κ1) is 14.4. The Morgan fingerprint density at radius 2 is 2.09 bits per heavy atom. The number of allylic oxidation sites excluding steroid dienone is 1. The van der Waals surface area contributed by atoms with E-state index in [2.05, 4.69) is 36.2 Å². The lowest BCUT2D eigenvalue weighted by atomic mass is 9.91. The second-order valence-corrected chi connectivity index (χ2v) is 6.40. The standard InChI is InChI=1S/C19H21N3O/c1-2-3-8-21-12-18-17-11-15-10-16(23)6-4-13(15)9-14(17)5-7-19(18)22(21)20/h4-7,9,11H,2-3,8,10,12,20H2,1H3. The molecule has 0 aromatic heterocycles. The van der Waals surface area contributed by atoms with Crippen molar-refractivity contribution in [3.8, 4) is 0 Å². The third kappa shape index (κ3) is 2.35. The van der Waals surface area contributed by atoms with Crippen LogP contribution in [-0.2, 0) is 17.8 Å². The van der Waals surface area contributed by atoms with E-state index >= 15 is 0 Å². The number of carbonyl (C=O) groups is 1. The molecule has 0 amide bonds. The van der Waals surface area contributed by atoms with Gasteiger partial charge in [0.25, 0.3) is 0 Å². The maximum Gasteiger partial charge on any atom is 0.160 e. The quantitative estimate of drug-likeness (QED) is 0.885. The highest BCUT2D eigenvalue weighted by Crippen LogP contribution is 2.37. The van der Waals surface area contributed by atoms with Crippen molar-refractivity contribution in [2.75, 3.05) is 11.7 Å². The van der Waals surface area contributed by atoms with E-state index < -0.39 is 0 Å². The summed E-state index contributed by atoms with van der Waals surface area (Å²) < 4.78 is 0. The SMILES string of the molecule is CCCCN1Cc2c(ccc3cc4c(cc23)CC(=O)C=C4)N1N. The Labute approximate surface area is 136 Å². The predicted octanol–water partition coefficient (Wildman–Crippen LogP) is 3.19. The smallest absolute Gasteiger partial charge is 0.160 e. The van der Waals surface area contributed by atoms with Gasteiger partial charge in [-0.3, -0.25) is 4.79 Å². The molecule has 0 fully saturated rings. The zero-order chi connectivity index (χ0) is 16.0. The highest BCUT2D eigenvalue weighted by molar-refractivity contribution is 6.01. The number of benzene rings is 2. The number of hydrogen-bond acceptors (Lipinski definition) is 4. The molecule has 1 aliphatic carbocycles. The Morgan fingerprint density at radius 3 is 2.91 bits per heavy atom. The van der Waals surface area contributed by atoms with Gasteiger partial charge in [0.05, 0.1) is 5.69 Å². The van der Waals surface area contributed by atoms with Crippen LogP contribution in [0.4, 0.5) is 5.69 Å². The molecule has 0 saturated heterocycles. The number of nitrogens with two attached hydrogens (primary N) is 1. The largest absolute Gasteiger partial charge is 0.294 e. The molecule has 2 aromatic rings. The van der Waals surface area contributed by atoms with Crippen molar-refractivity contribution in [3.05, 3.63) is 47.0 Å². The number of ketones is 1. The molecule has 4 rings (SSSR count). The highest BCUT2D eigenvalue weighted by atomic mass is 16.1. The molecule has 1 aliphatic heterocycles. The molecule has 23 heavy (non-hydrogen) atoms. The Kier molecular flexibility index (Phi) is 3.43. The van der Waals surface area contributed by atoms with E-state index in [0.717, 1.165) is 42.7 Å². The Bertz CT molecular complexity index is 825. The van der Waals surface area contributed by atoms with Gasteiger partial charge in [-0.25, -0.2) is 16.0 Å². The Morgan fingerprint density at radius 1 is 1.22 bits per heavy atom. The average Bonchev–Trinajstić information content (AvgIpc) is 2.88. The van der Waals surface area contributed by atoms with E-state index in [-0.39, 0.29) is 5.78 Å². The lowest BCUT2D eigenvalue weighted by molar-refractivity contribution is -0.114. The molecule has 0 bridgehead atoms. The summed E-state index contributed by atoms with van der Waals surface area (Å²) in [5.74, 6) is 6.45. The molecule has 4 heteroatoms. The number of hydrogen-bond donors (Lipinski definition) is 1. The van der Waals surface area contributed by atoms with E-state index in [1.165, 1.54) is 16.3 Å². The third-order valence-corrected chi connectivity index (χ3v) is 4.84. The number of fused-ring (bicyclic) bond motifs is 4. The Balaban J connectivity index is 1.80.